The fraction of sp³-hybridized carbons (Fsp3) is 0.0833. The lowest BCUT2D eigenvalue weighted by molar-refractivity contribution is 0.368. The largest absolute Gasteiger partial charge is 0.479 e. The molecule has 0 amide bonds. The Morgan fingerprint density at radius 2 is 2.00 bits per heavy atom. The van der Waals surface area contributed by atoms with Gasteiger partial charge in [0, 0.05) is 0 Å². The number of rotatable bonds is 4. The van der Waals surface area contributed by atoms with Crippen molar-refractivity contribution in [3.63, 3.8) is 0 Å². The SMILES string of the molecule is N#CCOc1ccc(/C=C(/C#N)C(N)=S)cc1. The van der Waals surface area contributed by atoms with Gasteiger partial charge in [0.25, 0.3) is 0 Å². The van der Waals surface area contributed by atoms with E-state index in [2.05, 4.69) is 0 Å². The van der Waals surface area contributed by atoms with E-state index in [4.69, 9.17) is 33.2 Å². The molecule has 0 aliphatic heterocycles. The van der Waals surface area contributed by atoms with E-state index in [-0.39, 0.29) is 17.2 Å². The summed E-state index contributed by atoms with van der Waals surface area (Å²) >= 11 is 4.72. The summed E-state index contributed by atoms with van der Waals surface area (Å²) in [6.45, 7) is 0.00547. The molecule has 2 N–H and O–H groups in total. The number of nitriles is 2. The minimum atomic E-state index is 0.00547. The molecule has 1 rings (SSSR count). The van der Waals surface area contributed by atoms with Gasteiger partial charge < -0.3 is 10.5 Å². The zero-order valence-electron chi connectivity index (χ0n) is 8.88. The Labute approximate surface area is 105 Å². The van der Waals surface area contributed by atoms with Crippen molar-refractivity contribution in [1.29, 1.82) is 10.5 Å². The second-order valence-corrected chi connectivity index (χ2v) is 3.49. The number of nitrogens with two attached hydrogens (primary N) is 1. The molecule has 0 saturated heterocycles. The number of ether oxygens (including phenoxy) is 1. The molecule has 0 aliphatic carbocycles. The van der Waals surface area contributed by atoms with Crippen LogP contribution in [0.5, 0.6) is 5.75 Å². The average Bonchev–Trinajstić information content (AvgIpc) is 2.34. The van der Waals surface area contributed by atoms with Crippen LogP contribution in [0.25, 0.3) is 6.08 Å². The number of thiocarbonyl (C=S) groups is 1. The first kappa shape index (κ1) is 12.7. The van der Waals surface area contributed by atoms with Crippen LogP contribution in [0.15, 0.2) is 29.8 Å². The Morgan fingerprint density at radius 3 is 2.47 bits per heavy atom. The van der Waals surface area contributed by atoms with E-state index in [0.717, 1.165) is 5.56 Å². The van der Waals surface area contributed by atoms with Gasteiger partial charge in [0.05, 0.1) is 5.57 Å². The van der Waals surface area contributed by atoms with Crippen LogP contribution in [0.2, 0.25) is 0 Å². The molecule has 0 radical (unpaired) electrons. The van der Waals surface area contributed by atoms with Crippen LogP contribution in [-0.4, -0.2) is 11.6 Å². The maximum absolute atomic E-state index is 8.78. The number of nitrogens with zero attached hydrogens (tertiary/aromatic N) is 2. The van der Waals surface area contributed by atoms with Crippen LogP contribution >= 0.6 is 12.2 Å². The average molecular weight is 243 g/mol. The van der Waals surface area contributed by atoms with Crippen LogP contribution < -0.4 is 10.5 Å². The zero-order chi connectivity index (χ0) is 12.7. The third-order valence-electron chi connectivity index (χ3n) is 1.88. The highest BCUT2D eigenvalue weighted by Crippen LogP contribution is 2.14. The van der Waals surface area contributed by atoms with Crippen molar-refractivity contribution in [2.75, 3.05) is 6.61 Å². The molecular formula is C12H9N3OS. The van der Waals surface area contributed by atoms with Crippen LogP contribution in [0, 0.1) is 22.7 Å². The molecule has 0 heterocycles. The van der Waals surface area contributed by atoms with E-state index in [0.29, 0.717) is 5.75 Å². The topological polar surface area (TPSA) is 82.8 Å². The van der Waals surface area contributed by atoms with Gasteiger partial charge in [-0.25, -0.2) is 0 Å². The summed E-state index contributed by atoms with van der Waals surface area (Å²) in [4.78, 5) is 0.0670. The molecule has 1 aromatic carbocycles. The molecule has 0 atom stereocenters. The molecule has 0 fully saturated rings. The van der Waals surface area contributed by atoms with Gasteiger partial charge in [0.2, 0.25) is 0 Å². The molecule has 1 aromatic rings. The van der Waals surface area contributed by atoms with Gasteiger partial charge in [-0.2, -0.15) is 10.5 Å². The minimum Gasteiger partial charge on any atom is -0.479 e. The Morgan fingerprint density at radius 1 is 1.35 bits per heavy atom. The summed E-state index contributed by atoms with van der Waals surface area (Å²) < 4.78 is 5.09. The third-order valence-corrected chi connectivity index (χ3v) is 2.10. The summed E-state index contributed by atoms with van der Waals surface area (Å²) in [6, 6.07) is 10.7. The minimum absolute atomic E-state index is 0.00547. The summed E-state index contributed by atoms with van der Waals surface area (Å²) in [5.74, 6) is 0.595. The van der Waals surface area contributed by atoms with Gasteiger partial charge in [-0.15, -0.1) is 0 Å². The Hall–Kier alpha value is -2.37. The number of hydrogen-bond acceptors (Lipinski definition) is 4. The predicted molar refractivity (Wildman–Crippen MR) is 67.9 cm³/mol. The van der Waals surface area contributed by atoms with Crippen LogP contribution in [0.3, 0.4) is 0 Å². The summed E-state index contributed by atoms with van der Waals surface area (Å²) in [6.07, 6.45) is 1.59. The quantitative estimate of drug-likeness (QED) is 0.495. The second-order valence-electron chi connectivity index (χ2n) is 3.05. The number of hydrogen-bond donors (Lipinski definition) is 1. The molecule has 0 aliphatic rings. The van der Waals surface area contributed by atoms with E-state index < -0.39 is 0 Å². The predicted octanol–water partition coefficient (Wildman–Crippen LogP) is 1.78. The lowest BCUT2D eigenvalue weighted by atomic mass is 10.1. The summed E-state index contributed by atoms with van der Waals surface area (Å²) in [7, 11) is 0. The summed E-state index contributed by atoms with van der Waals surface area (Å²) in [5.41, 5.74) is 6.42. The normalized spacial score (nSPS) is 10.1. The Bertz CT molecular complexity index is 520. The van der Waals surface area contributed by atoms with E-state index in [1.807, 2.05) is 12.1 Å². The maximum atomic E-state index is 8.78. The Balaban J connectivity index is 2.85. The molecule has 0 aromatic heterocycles. The highest BCUT2D eigenvalue weighted by molar-refractivity contribution is 7.80. The Kier molecular flexibility index (Phi) is 4.68. The molecule has 0 spiro atoms. The fourth-order valence-electron chi connectivity index (χ4n) is 1.10. The van der Waals surface area contributed by atoms with Gasteiger partial charge in [-0.1, -0.05) is 24.4 Å². The lowest BCUT2D eigenvalue weighted by Crippen LogP contribution is -2.09. The summed E-state index contributed by atoms with van der Waals surface area (Å²) in [5, 5.41) is 17.1. The standard InChI is InChI=1S/C12H9N3OS/c13-5-6-16-11-3-1-9(2-4-11)7-10(8-14)12(15)17/h1-4,7H,6H2,(H2,15,17)/b10-7-. The van der Waals surface area contributed by atoms with Crippen molar-refractivity contribution < 1.29 is 4.74 Å². The highest BCUT2D eigenvalue weighted by Gasteiger charge is 1.99. The van der Waals surface area contributed by atoms with E-state index in [1.165, 1.54) is 0 Å². The van der Waals surface area contributed by atoms with Crippen molar-refractivity contribution in [2.24, 2.45) is 5.73 Å². The molecular weight excluding hydrogens is 234 g/mol. The molecule has 0 unspecified atom stereocenters. The number of benzene rings is 1. The first-order valence-corrected chi connectivity index (χ1v) is 5.09. The zero-order valence-corrected chi connectivity index (χ0v) is 9.70. The third kappa shape index (κ3) is 3.94. The van der Waals surface area contributed by atoms with E-state index >= 15 is 0 Å². The van der Waals surface area contributed by atoms with Crippen molar-refractivity contribution in [1.82, 2.24) is 0 Å². The fourth-order valence-corrected chi connectivity index (χ4v) is 1.21. The maximum Gasteiger partial charge on any atom is 0.174 e. The van der Waals surface area contributed by atoms with Crippen molar-refractivity contribution in [2.45, 2.75) is 0 Å². The van der Waals surface area contributed by atoms with Gasteiger partial charge in [0.1, 0.15) is 22.9 Å². The van der Waals surface area contributed by atoms with Gasteiger partial charge in [-0.3, -0.25) is 0 Å². The van der Waals surface area contributed by atoms with Gasteiger partial charge >= 0.3 is 0 Å². The lowest BCUT2D eigenvalue weighted by Gasteiger charge is -2.01. The van der Waals surface area contributed by atoms with Crippen LogP contribution in [0.1, 0.15) is 5.56 Å². The first-order valence-electron chi connectivity index (χ1n) is 4.69. The molecule has 84 valence electrons. The first-order chi connectivity index (χ1) is 8.17. The van der Waals surface area contributed by atoms with Crippen molar-refractivity contribution >= 4 is 23.3 Å². The van der Waals surface area contributed by atoms with E-state index in [9.17, 15) is 0 Å². The molecule has 4 nitrogen and oxygen atoms in total. The molecule has 0 bridgehead atoms. The monoisotopic (exact) mass is 243 g/mol. The van der Waals surface area contributed by atoms with Crippen molar-refractivity contribution in [3.8, 4) is 17.9 Å². The molecule has 17 heavy (non-hydrogen) atoms. The van der Waals surface area contributed by atoms with Gasteiger partial charge in [-0.05, 0) is 23.8 Å². The smallest absolute Gasteiger partial charge is 0.174 e. The molecule has 0 saturated carbocycles. The van der Waals surface area contributed by atoms with Gasteiger partial charge in [0.15, 0.2) is 6.61 Å². The molecule has 5 heteroatoms. The van der Waals surface area contributed by atoms with Crippen LogP contribution in [-0.2, 0) is 0 Å². The van der Waals surface area contributed by atoms with E-state index in [1.54, 1.807) is 30.3 Å². The van der Waals surface area contributed by atoms with Crippen molar-refractivity contribution in [3.05, 3.63) is 35.4 Å². The highest BCUT2D eigenvalue weighted by atomic mass is 32.1. The van der Waals surface area contributed by atoms with Crippen LogP contribution in [0.4, 0.5) is 0 Å². The second kappa shape index (κ2) is 6.26.